The van der Waals surface area contributed by atoms with Crippen molar-refractivity contribution in [3.8, 4) is 0 Å². The Morgan fingerprint density at radius 2 is 1.58 bits per heavy atom. The molecule has 1 aliphatic heterocycles. The Bertz CT molecular complexity index is 638. The molecule has 0 aliphatic carbocycles. The molecule has 5 heteroatoms. The predicted octanol–water partition coefficient (Wildman–Crippen LogP) is 5.56. The third-order valence-electron chi connectivity index (χ3n) is 4.09. The fraction of sp³-hybridized carbons (Fsp3) is 0.429. The minimum Gasteiger partial charge on any atom is -0.392 e. The summed E-state index contributed by atoms with van der Waals surface area (Å²) >= 11 is 4.95. The van der Waals surface area contributed by atoms with Crippen LogP contribution in [-0.4, -0.2) is 27.3 Å². The van der Waals surface area contributed by atoms with Crippen LogP contribution >= 0.6 is 27.7 Å². The maximum absolute atomic E-state index is 13.2. The van der Waals surface area contributed by atoms with Gasteiger partial charge in [0.15, 0.2) is 0 Å². The molecule has 142 valence electrons. The molecule has 0 spiro atoms. The van der Waals surface area contributed by atoms with Gasteiger partial charge in [0.25, 0.3) is 0 Å². The van der Waals surface area contributed by atoms with Crippen LogP contribution in [0, 0.1) is 13.8 Å². The Morgan fingerprint density at radius 3 is 2.04 bits per heavy atom. The van der Waals surface area contributed by atoms with Crippen LogP contribution in [0.5, 0.6) is 0 Å². The molecule has 3 unspecified atom stereocenters. The third-order valence-corrected chi connectivity index (χ3v) is 6.58. The summed E-state index contributed by atoms with van der Waals surface area (Å²) in [7, 11) is 0. The highest BCUT2D eigenvalue weighted by atomic mass is 79.9. The minimum atomic E-state index is -0.743. The molecule has 0 radical (unpaired) electrons. The second-order valence-electron chi connectivity index (χ2n) is 6.51. The fourth-order valence-corrected chi connectivity index (χ4v) is 4.73. The van der Waals surface area contributed by atoms with Crippen LogP contribution in [0.2, 0.25) is 0 Å². The lowest BCUT2D eigenvalue weighted by Gasteiger charge is -2.09. The van der Waals surface area contributed by atoms with Gasteiger partial charge in [-0.1, -0.05) is 75.6 Å². The monoisotopic (exact) mass is 440 g/mol. The quantitative estimate of drug-likeness (QED) is 0.616. The van der Waals surface area contributed by atoms with E-state index < -0.39 is 6.17 Å². The summed E-state index contributed by atoms with van der Waals surface area (Å²) < 4.78 is 18.8. The molecular formula is C21H26BrFO2S. The van der Waals surface area contributed by atoms with Gasteiger partial charge in [-0.25, -0.2) is 4.39 Å². The van der Waals surface area contributed by atoms with Crippen molar-refractivity contribution in [2.75, 3.05) is 6.61 Å². The van der Waals surface area contributed by atoms with E-state index >= 15 is 0 Å². The van der Waals surface area contributed by atoms with Crippen molar-refractivity contribution in [2.24, 2.45) is 0 Å². The van der Waals surface area contributed by atoms with E-state index in [-0.39, 0.29) is 16.0 Å². The van der Waals surface area contributed by atoms with Crippen LogP contribution in [0.15, 0.2) is 48.5 Å². The summed E-state index contributed by atoms with van der Waals surface area (Å²) in [4.78, 5) is 0. The summed E-state index contributed by atoms with van der Waals surface area (Å²) in [6, 6.07) is 16.1. The number of aryl methyl sites for hydroxylation is 2. The van der Waals surface area contributed by atoms with E-state index in [2.05, 4.69) is 47.1 Å². The smallest absolute Gasteiger partial charge is 0.123 e. The molecule has 2 nitrogen and oxygen atoms in total. The average Bonchev–Trinajstić information content (AvgIpc) is 2.96. The van der Waals surface area contributed by atoms with E-state index in [0.29, 0.717) is 19.6 Å². The van der Waals surface area contributed by atoms with Crippen LogP contribution in [0.3, 0.4) is 0 Å². The molecule has 0 amide bonds. The number of ether oxygens (including phenoxy) is 1. The van der Waals surface area contributed by atoms with Gasteiger partial charge in [0, 0.05) is 5.25 Å². The second kappa shape index (κ2) is 11.1. The van der Waals surface area contributed by atoms with Crippen molar-refractivity contribution >= 4 is 27.7 Å². The highest BCUT2D eigenvalue weighted by molar-refractivity contribution is 9.11. The van der Waals surface area contributed by atoms with Gasteiger partial charge >= 0.3 is 0 Å². The topological polar surface area (TPSA) is 29.5 Å². The summed E-state index contributed by atoms with van der Waals surface area (Å²) in [5.41, 5.74) is 4.63. The van der Waals surface area contributed by atoms with E-state index in [1.165, 1.54) is 16.7 Å². The highest BCUT2D eigenvalue weighted by Crippen LogP contribution is 2.39. The molecule has 2 aromatic rings. The van der Waals surface area contributed by atoms with Crippen LogP contribution in [0.25, 0.3) is 0 Å². The summed E-state index contributed by atoms with van der Waals surface area (Å²) in [5, 5.41) is 8.91. The lowest BCUT2D eigenvalue weighted by atomic mass is 10.2. The van der Waals surface area contributed by atoms with Crippen LogP contribution < -0.4 is 0 Å². The average molecular weight is 441 g/mol. The number of alkyl halides is 2. The molecule has 1 fully saturated rings. The fourth-order valence-electron chi connectivity index (χ4n) is 2.48. The normalized spacial score (nSPS) is 22.0. The maximum atomic E-state index is 13.2. The van der Waals surface area contributed by atoms with Gasteiger partial charge in [-0.3, -0.25) is 0 Å². The molecule has 26 heavy (non-hydrogen) atoms. The van der Waals surface area contributed by atoms with Gasteiger partial charge in [0.05, 0.1) is 24.0 Å². The summed E-state index contributed by atoms with van der Waals surface area (Å²) in [5.74, 6) is 0. The number of aliphatic hydroxyl groups excluding tert-OH is 1. The molecule has 1 heterocycles. The Morgan fingerprint density at radius 1 is 1.04 bits per heavy atom. The molecule has 1 aliphatic rings. The zero-order valence-corrected chi connectivity index (χ0v) is 17.6. The number of aliphatic hydroxyl groups is 1. The summed E-state index contributed by atoms with van der Waals surface area (Å²) in [6.45, 7) is 5.47. The van der Waals surface area contributed by atoms with Crippen LogP contribution in [0.1, 0.15) is 28.7 Å². The second-order valence-corrected chi connectivity index (χ2v) is 9.54. The molecule has 1 N–H and O–H groups in total. The lowest BCUT2D eigenvalue weighted by Crippen LogP contribution is -2.10. The zero-order chi connectivity index (χ0) is 18.9. The number of hydrogen-bond donors (Lipinski definition) is 1. The number of rotatable bonds is 5. The van der Waals surface area contributed by atoms with Gasteiger partial charge in [0.1, 0.15) is 6.17 Å². The van der Waals surface area contributed by atoms with Crippen LogP contribution in [0.4, 0.5) is 4.39 Å². The van der Waals surface area contributed by atoms with E-state index in [1.54, 1.807) is 11.8 Å². The van der Waals surface area contributed by atoms with E-state index in [0.717, 1.165) is 5.56 Å². The van der Waals surface area contributed by atoms with Gasteiger partial charge in [-0.15, -0.1) is 11.8 Å². The van der Waals surface area contributed by atoms with Crippen LogP contribution in [-0.2, 0) is 18.0 Å². The predicted molar refractivity (Wildman–Crippen MR) is 112 cm³/mol. The van der Waals surface area contributed by atoms with Gasteiger partial charge in [0.2, 0.25) is 0 Å². The Kier molecular flexibility index (Phi) is 9.12. The van der Waals surface area contributed by atoms with Gasteiger partial charge < -0.3 is 9.84 Å². The molecule has 0 bridgehead atoms. The molecular weight excluding hydrogens is 415 g/mol. The van der Waals surface area contributed by atoms with E-state index in [9.17, 15) is 4.39 Å². The zero-order valence-electron chi connectivity index (χ0n) is 15.2. The number of halogens is 2. The largest absolute Gasteiger partial charge is 0.392 e. The van der Waals surface area contributed by atoms with Crippen molar-refractivity contribution in [2.45, 2.75) is 49.1 Å². The van der Waals surface area contributed by atoms with E-state index in [4.69, 9.17) is 9.84 Å². The van der Waals surface area contributed by atoms with Crippen molar-refractivity contribution in [1.82, 2.24) is 0 Å². The molecule has 3 atom stereocenters. The molecule has 2 aromatic carbocycles. The highest BCUT2D eigenvalue weighted by Gasteiger charge is 2.33. The first-order valence-corrected chi connectivity index (χ1v) is 10.6. The van der Waals surface area contributed by atoms with Crippen molar-refractivity contribution in [3.05, 3.63) is 70.8 Å². The van der Waals surface area contributed by atoms with Crippen molar-refractivity contribution in [3.63, 3.8) is 0 Å². The summed E-state index contributed by atoms with van der Waals surface area (Å²) in [6.07, 6.45) is -0.151. The first-order chi connectivity index (χ1) is 12.5. The number of thioether (sulfide) groups is 1. The minimum absolute atomic E-state index is 0.0597. The standard InChI is InChI=1S/C13H16BrFOS.C8H10O/c1-9-2-4-10(5-3-9)7-16-8-11-6-12(15)13(14)17-11;1-7-2-4-8(6-9)5-3-7/h2-5,11-13H,6-8H2,1H3;2-5,9H,6H2,1H3. The molecule has 3 rings (SSSR count). The number of hydrogen-bond acceptors (Lipinski definition) is 3. The molecule has 0 aromatic heterocycles. The lowest BCUT2D eigenvalue weighted by molar-refractivity contribution is 0.118. The van der Waals surface area contributed by atoms with Crippen molar-refractivity contribution in [1.29, 1.82) is 0 Å². The Labute approximate surface area is 168 Å². The van der Waals surface area contributed by atoms with E-state index in [1.807, 2.05) is 31.2 Å². The SMILES string of the molecule is Cc1ccc(CO)cc1.Cc1ccc(COCC2CC(F)C(Br)S2)cc1. The first kappa shape index (κ1) is 21.4. The Hall–Kier alpha value is -0.880. The van der Waals surface area contributed by atoms with Crippen molar-refractivity contribution < 1.29 is 14.2 Å². The Balaban J connectivity index is 0.000000228. The molecule has 0 saturated carbocycles. The number of benzene rings is 2. The molecule has 1 saturated heterocycles. The maximum Gasteiger partial charge on any atom is 0.123 e. The van der Waals surface area contributed by atoms with Gasteiger partial charge in [-0.2, -0.15) is 0 Å². The van der Waals surface area contributed by atoms with Gasteiger partial charge in [-0.05, 0) is 31.4 Å². The third kappa shape index (κ3) is 7.39. The first-order valence-electron chi connectivity index (χ1n) is 8.71.